The molecule has 0 radical (unpaired) electrons. The summed E-state index contributed by atoms with van der Waals surface area (Å²) in [7, 11) is 1.81. The lowest BCUT2D eigenvalue weighted by Gasteiger charge is -2.27. The van der Waals surface area contributed by atoms with Crippen molar-refractivity contribution in [1.82, 2.24) is 9.88 Å². The van der Waals surface area contributed by atoms with Gasteiger partial charge in [-0.15, -0.1) is 0 Å². The Balaban J connectivity index is 2.19. The Bertz CT molecular complexity index is 372. The summed E-state index contributed by atoms with van der Waals surface area (Å²) >= 11 is 0. The number of nitrogens with one attached hydrogen (secondary N) is 1. The Morgan fingerprint density at radius 3 is 2.81 bits per heavy atom. The molecule has 4 heteroatoms. The van der Waals surface area contributed by atoms with Crippen molar-refractivity contribution >= 4 is 11.6 Å². The quantitative estimate of drug-likeness (QED) is 0.824. The zero-order valence-corrected chi connectivity index (χ0v) is 9.57. The molecule has 1 aliphatic heterocycles. The molecule has 1 amide bonds. The summed E-state index contributed by atoms with van der Waals surface area (Å²) in [5.74, 6) is 0.117. The minimum Gasteiger partial charge on any atom is -0.386 e. The van der Waals surface area contributed by atoms with Gasteiger partial charge in [-0.2, -0.15) is 0 Å². The highest BCUT2D eigenvalue weighted by Gasteiger charge is 2.20. The molecule has 0 spiro atoms. The van der Waals surface area contributed by atoms with Crippen LogP contribution in [0.4, 0.5) is 5.69 Å². The lowest BCUT2D eigenvalue weighted by atomic mass is 10.1. The Labute approximate surface area is 95.7 Å². The van der Waals surface area contributed by atoms with Crippen LogP contribution in [0.5, 0.6) is 0 Å². The van der Waals surface area contributed by atoms with Crippen molar-refractivity contribution in [3.8, 4) is 0 Å². The maximum atomic E-state index is 12.2. The molecule has 4 nitrogen and oxygen atoms in total. The van der Waals surface area contributed by atoms with Gasteiger partial charge in [0.2, 0.25) is 0 Å². The first-order chi connectivity index (χ1) is 7.83. The Morgan fingerprint density at radius 1 is 1.38 bits per heavy atom. The number of hydrogen-bond donors (Lipinski definition) is 1. The molecule has 0 bridgehead atoms. The smallest absolute Gasteiger partial charge is 0.256 e. The van der Waals surface area contributed by atoms with E-state index in [1.807, 2.05) is 11.9 Å². The maximum absolute atomic E-state index is 12.2. The summed E-state index contributed by atoms with van der Waals surface area (Å²) in [6.07, 6.45) is 6.83. The highest BCUT2D eigenvalue weighted by atomic mass is 16.2. The van der Waals surface area contributed by atoms with Crippen LogP contribution in [0.25, 0.3) is 0 Å². The van der Waals surface area contributed by atoms with Crippen LogP contribution in [0.1, 0.15) is 29.6 Å². The third-order valence-electron chi connectivity index (χ3n) is 2.96. The molecular formula is C12H17N3O. The van der Waals surface area contributed by atoms with E-state index in [9.17, 15) is 4.79 Å². The van der Waals surface area contributed by atoms with Gasteiger partial charge in [0.25, 0.3) is 5.91 Å². The summed E-state index contributed by atoms with van der Waals surface area (Å²) in [6, 6.07) is 1.78. The lowest BCUT2D eigenvalue weighted by Crippen LogP contribution is -2.35. The largest absolute Gasteiger partial charge is 0.386 e. The molecule has 0 aromatic carbocycles. The van der Waals surface area contributed by atoms with Gasteiger partial charge in [-0.25, -0.2) is 0 Å². The van der Waals surface area contributed by atoms with Gasteiger partial charge >= 0.3 is 0 Å². The summed E-state index contributed by atoms with van der Waals surface area (Å²) in [6.45, 7) is 1.76. The Kier molecular flexibility index (Phi) is 3.39. The highest BCUT2D eigenvalue weighted by molar-refractivity contribution is 5.99. The van der Waals surface area contributed by atoms with Crippen molar-refractivity contribution in [3.05, 3.63) is 24.0 Å². The number of pyridine rings is 1. The first kappa shape index (κ1) is 10.9. The fourth-order valence-electron chi connectivity index (χ4n) is 2.05. The monoisotopic (exact) mass is 219 g/mol. The Morgan fingerprint density at radius 2 is 2.12 bits per heavy atom. The summed E-state index contributed by atoms with van der Waals surface area (Å²) < 4.78 is 0. The standard InChI is InChI=1S/C12H17N3O/c1-13-11-9-14-6-5-10(11)12(16)15-7-3-2-4-8-15/h5-6,9,13H,2-4,7-8H2,1H3. The zero-order chi connectivity index (χ0) is 11.4. The molecule has 1 aromatic rings. The fraction of sp³-hybridized carbons (Fsp3) is 0.500. The van der Waals surface area contributed by atoms with Crippen LogP contribution in [0.2, 0.25) is 0 Å². The topological polar surface area (TPSA) is 45.2 Å². The maximum Gasteiger partial charge on any atom is 0.256 e. The predicted molar refractivity (Wildman–Crippen MR) is 63.5 cm³/mol. The lowest BCUT2D eigenvalue weighted by molar-refractivity contribution is 0.0725. The molecule has 2 heterocycles. The van der Waals surface area contributed by atoms with E-state index < -0.39 is 0 Å². The van der Waals surface area contributed by atoms with E-state index in [1.165, 1.54) is 6.42 Å². The van der Waals surface area contributed by atoms with Crippen molar-refractivity contribution in [2.75, 3.05) is 25.5 Å². The molecule has 0 aliphatic carbocycles. The molecule has 86 valence electrons. The van der Waals surface area contributed by atoms with E-state index in [-0.39, 0.29) is 5.91 Å². The van der Waals surface area contributed by atoms with E-state index in [0.29, 0.717) is 0 Å². The summed E-state index contributed by atoms with van der Waals surface area (Å²) in [5, 5.41) is 3.01. The molecule has 0 unspecified atom stereocenters. The highest BCUT2D eigenvalue weighted by Crippen LogP contribution is 2.18. The second-order valence-electron chi connectivity index (χ2n) is 4.02. The number of nitrogens with zero attached hydrogens (tertiary/aromatic N) is 2. The first-order valence-electron chi connectivity index (χ1n) is 5.74. The van der Waals surface area contributed by atoms with E-state index in [0.717, 1.165) is 37.2 Å². The molecule has 2 rings (SSSR count). The fourth-order valence-corrected chi connectivity index (χ4v) is 2.05. The van der Waals surface area contributed by atoms with Crippen LogP contribution in [0.15, 0.2) is 18.5 Å². The molecule has 1 aliphatic rings. The second kappa shape index (κ2) is 4.96. The van der Waals surface area contributed by atoms with Crippen molar-refractivity contribution in [3.63, 3.8) is 0 Å². The molecule has 0 saturated carbocycles. The van der Waals surface area contributed by atoms with Gasteiger partial charge in [0, 0.05) is 26.3 Å². The van der Waals surface area contributed by atoms with Crippen LogP contribution in [-0.4, -0.2) is 35.9 Å². The van der Waals surface area contributed by atoms with Crippen molar-refractivity contribution < 1.29 is 4.79 Å². The number of anilines is 1. The predicted octanol–water partition coefficient (Wildman–Crippen LogP) is 1.75. The van der Waals surface area contributed by atoms with Gasteiger partial charge in [-0.3, -0.25) is 9.78 Å². The molecule has 16 heavy (non-hydrogen) atoms. The van der Waals surface area contributed by atoms with Gasteiger partial charge in [-0.05, 0) is 25.3 Å². The average Bonchev–Trinajstić information content (AvgIpc) is 2.39. The number of likely N-dealkylation sites (tertiary alicyclic amines) is 1. The number of carbonyl (C=O) groups excluding carboxylic acids is 1. The van der Waals surface area contributed by atoms with Crippen LogP contribution < -0.4 is 5.32 Å². The van der Waals surface area contributed by atoms with Crippen molar-refractivity contribution in [2.45, 2.75) is 19.3 Å². The van der Waals surface area contributed by atoms with Crippen LogP contribution in [-0.2, 0) is 0 Å². The molecule has 1 aromatic heterocycles. The van der Waals surface area contributed by atoms with E-state index >= 15 is 0 Å². The van der Waals surface area contributed by atoms with Crippen LogP contribution in [0, 0.1) is 0 Å². The van der Waals surface area contributed by atoms with Crippen molar-refractivity contribution in [2.24, 2.45) is 0 Å². The van der Waals surface area contributed by atoms with E-state index in [1.54, 1.807) is 18.5 Å². The second-order valence-corrected chi connectivity index (χ2v) is 4.02. The van der Waals surface area contributed by atoms with Crippen LogP contribution >= 0.6 is 0 Å². The number of carbonyl (C=O) groups is 1. The zero-order valence-electron chi connectivity index (χ0n) is 9.57. The summed E-state index contributed by atoms with van der Waals surface area (Å²) in [5.41, 5.74) is 1.53. The average molecular weight is 219 g/mol. The van der Waals surface area contributed by atoms with Gasteiger partial charge in [0.15, 0.2) is 0 Å². The third kappa shape index (κ3) is 2.15. The third-order valence-corrected chi connectivity index (χ3v) is 2.96. The van der Waals surface area contributed by atoms with Crippen molar-refractivity contribution in [1.29, 1.82) is 0 Å². The SMILES string of the molecule is CNc1cnccc1C(=O)N1CCCCC1. The number of piperidine rings is 1. The molecule has 1 fully saturated rings. The minimum atomic E-state index is 0.117. The Hall–Kier alpha value is -1.58. The van der Waals surface area contributed by atoms with Gasteiger partial charge in [-0.1, -0.05) is 0 Å². The molecular weight excluding hydrogens is 202 g/mol. The minimum absolute atomic E-state index is 0.117. The molecule has 0 atom stereocenters. The van der Waals surface area contributed by atoms with E-state index in [2.05, 4.69) is 10.3 Å². The number of aromatic nitrogens is 1. The number of rotatable bonds is 2. The molecule has 1 saturated heterocycles. The van der Waals surface area contributed by atoms with Gasteiger partial charge < -0.3 is 10.2 Å². The number of amides is 1. The van der Waals surface area contributed by atoms with Gasteiger partial charge in [0.1, 0.15) is 0 Å². The van der Waals surface area contributed by atoms with Crippen LogP contribution in [0.3, 0.4) is 0 Å². The van der Waals surface area contributed by atoms with E-state index in [4.69, 9.17) is 0 Å². The van der Waals surface area contributed by atoms with Gasteiger partial charge in [0.05, 0.1) is 17.4 Å². The molecule has 1 N–H and O–H groups in total. The normalized spacial score (nSPS) is 15.9. The number of hydrogen-bond acceptors (Lipinski definition) is 3. The first-order valence-corrected chi connectivity index (χ1v) is 5.74. The summed E-state index contributed by atoms with van der Waals surface area (Å²) in [4.78, 5) is 18.2.